The van der Waals surface area contributed by atoms with E-state index in [1.54, 1.807) is 0 Å². The van der Waals surface area contributed by atoms with Gasteiger partial charge in [-0.3, -0.25) is 10.2 Å². The molecule has 0 saturated carbocycles. The van der Waals surface area contributed by atoms with E-state index >= 15 is 0 Å². The fourth-order valence-corrected chi connectivity index (χ4v) is 0.400. The van der Waals surface area contributed by atoms with E-state index in [1.165, 1.54) is 0 Å². The third-order valence-electron chi connectivity index (χ3n) is 0.705. The Balaban J connectivity index is 0. The van der Waals surface area contributed by atoms with E-state index in [0.29, 0.717) is 6.42 Å². The Labute approximate surface area is 109 Å². The van der Waals surface area contributed by atoms with Crippen LogP contribution in [0, 0.1) is 0 Å². The van der Waals surface area contributed by atoms with E-state index in [2.05, 4.69) is 10.9 Å². The molecule has 11 heavy (non-hydrogen) atoms. The minimum atomic E-state index is -2.86. The topological polar surface area (TPSA) is 101 Å². The van der Waals surface area contributed by atoms with Crippen LogP contribution in [0.5, 0.6) is 0 Å². The van der Waals surface area contributed by atoms with Crippen LogP contribution in [-0.2, 0) is 16.2 Å². The van der Waals surface area contributed by atoms with Crippen molar-refractivity contribution in [3.8, 4) is 0 Å². The first-order valence-corrected chi connectivity index (χ1v) is 3.46. The summed E-state index contributed by atoms with van der Waals surface area (Å²) in [6.07, 6.45) is 0.625. The molecule has 1 rings (SSSR count). The maximum atomic E-state index is 10.1. The standard InChI is InChI=1S/C3H6N2O.K.H2O3S/c6-3-1-2-4-5-3;;1-4(2)3/h4H,1-2H2,(H,5,6);;(H2,1,2,3)/q;+1;/p-1. The maximum Gasteiger partial charge on any atom is 1.00 e. The van der Waals surface area contributed by atoms with Crippen molar-refractivity contribution in [1.82, 2.24) is 10.9 Å². The van der Waals surface area contributed by atoms with Crippen molar-refractivity contribution in [2.24, 2.45) is 0 Å². The van der Waals surface area contributed by atoms with Gasteiger partial charge in [-0.25, -0.2) is 9.63 Å². The van der Waals surface area contributed by atoms with Crippen LogP contribution in [0.1, 0.15) is 6.42 Å². The molecule has 0 aromatic rings. The number of hydrogen-bond acceptors (Lipinski definition) is 4. The first kappa shape index (κ1) is 14.6. The molecule has 0 bridgehead atoms. The predicted octanol–water partition coefficient (Wildman–Crippen LogP) is -4.65. The Morgan fingerprint density at radius 2 is 2.09 bits per heavy atom. The van der Waals surface area contributed by atoms with Gasteiger partial charge in [0.05, 0.1) is 11.4 Å². The number of rotatable bonds is 0. The molecule has 60 valence electrons. The number of amides is 1. The third kappa shape index (κ3) is 14.0. The summed E-state index contributed by atoms with van der Waals surface area (Å²) in [6.45, 7) is 0.777. The molecule has 1 atom stereocenters. The first-order valence-electron chi connectivity index (χ1n) is 2.43. The minimum absolute atomic E-state index is 0. The largest absolute Gasteiger partial charge is 1.00 e. The zero-order valence-electron chi connectivity index (χ0n) is 5.99. The molecule has 1 amide bonds. The van der Waals surface area contributed by atoms with Crippen LogP contribution in [0.4, 0.5) is 0 Å². The Morgan fingerprint density at radius 3 is 2.18 bits per heavy atom. The van der Waals surface area contributed by atoms with Crippen LogP contribution < -0.4 is 62.2 Å². The second-order valence-corrected chi connectivity index (χ2v) is 1.88. The molecule has 1 saturated heterocycles. The summed E-state index contributed by atoms with van der Waals surface area (Å²) in [6, 6.07) is 0. The molecule has 0 radical (unpaired) electrons. The molecule has 3 N–H and O–H groups in total. The molecule has 1 fully saturated rings. The van der Waals surface area contributed by atoms with Crippen LogP contribution in [0.2, 0.25) is 0 Å². The van der Waals surface area contributed by atoms with E-state index < -0.39 is 11.4 Å². The molecule has 8 heteroatoms. The Hall–Kier alpha value is 1.14. The molecule has 0 aromatic heterocycles. The molecular formula is C3H7KN2O4S. The number of carbonyl (C=O) groups is 1. The van der Waals surface area contributed by atoms with Crippen LogP contribution in [0.25, 0.3) is 0 Å². The fourth-order valence-electron chi connectivity index (χ4n) is 0.400. The quantitative estimate of drug-likeness (QED) is 0.273. The second-order valence-electron chi connectivity index (χ2n) is 1.44. The SMILES string of the molecule is O=C1CCNN1.O=S([O-])O.[K+]. The molecular weight excluding hydrogens is 199 g/mol. The third-order valence-corrected chi connectivity index (χ3v) is 0.705. The van der Waals surface area contributed by atoms with Gasteiger partial charge in [-0.05, 0) is 0 Å². The molecule has 0 spiro atoms. The van der Waals surface area contributed by atoms with Gasteiger partial charge in [-0.1, -0.05) is 0 Å². The van der Waals surface area contributed by atoms with E-state index in [9.17, 15) is 4.79 Å². The van der Waals surface area contributed by atoms with Gasteiger partial charge in [-0.15, -0.1) is 0 Å². The van der Waals surface area contributed by atoms with Crippen molar-refractivity contribution in [2.75, 3.05) is 6.54 Å². The van der Waals surface area contributed by atoms with Gasteiger partial charge in [0.1, 0.15) is 0 Å². The monoisotopic (exact) mass is 206 g/mol. The Bertz CT molecular complexity index is 131. The number of hydrogen-bond donors (Lipinski definition) is 3. The van der Waals surface area contributed by atoms with Crippen LogP contribution in [-0.4, -0.2) is 25.8 Å². The fraction of sp³-hybridized carbons (Fsp3) is 0.667. The maximum absolute atomic E-state index is 10.1. The predicted molar refractivity (Wildman–Crippen MR) is 32.3 cm³/mol. The zero-order chi connectivity index (χ0) is 7.98. The van der Waals surface area contributed by atoms with E-state index in [4.69, 9.17) is 13.3 Å². The van der Waals surface area contributed by atoms with Crippen molar-refractivity contribution in [3.05, 3.63) is 0 Å². The summed E-state index contributed by atoms with van der Waals surface area (Å²) >= 11 is -2.86. The second kappa shape index (κ2) is 9.23. The summed E-state index contributed by atoms with van der Waals surface area (Å²) < 4.78 is 24.1. The summed E-state index contributed by atoms with van der Waals surface area (Å²) in [4.78, 5) is 10.1. The normalized spacial score (nSPS) is 17.1. The van der Waals surface area contributed by atoms with Gasteiger partial charge in [0.15, 0.2) is 0 Å². The molecule has 1 aliphatic rings. The van der Waals surface area contributed by atoms with Gasteiger partial charge < -0.3 is 9.11 Å². The summed E-state index contributed by atoms with van der Waals surface area (Å²) in [7, 11) is 0. The van der Waals surface area contributed by atoms with Gasteiger partial charge in [0.2, 0.25) is 5.91 Å². The smallest absolute Gasteiger partial charge is 0.750 e. The van der Waals surface area contributed by atoms with Gasteiger partial charge in [-0.2, -0.15) is 0 Å². The van der Waals surface area contributed by atoms with Crippen molar-refractivity contribution >= 4 is 17.3 Å². The Morgan fingerprint density at radius 1 is 1.64 bits per heavy atom. The molecule has 6 nitrogen and oxygen atoms in total. The number of carbonyl (C=O) groups excluding carboxylic acids is 1. The Kier molecular flexibility index (Phi) is 12.3. The van der Waals surface area contributed by atoms with Crippen molar-refractivity contribution in [3.63, 3.8) is 0 Å². The molecule has 1 unspecified atom stereocenters. The van der Waals surface area contributed by atoms with Crippen molar-refractivity contribution in [2.45, 2.75) is 6.42 Å². The van der Waals surface area contributed by atoms with E-state index in [0.717, 1.165) is 6.54 Å². The minimum Gasteiger partial charge on any atom is -0.750 e. The number of nitrogens with one attached hydrogen (secondary N) is 2. The first-order chi connectivity index (χ1) is 4.63. The molecule has 0 aromatic carbocycles. The van der Waals surface area contributed by atoms with Crippen LogP contribution in [0.3, 0.4) is 0 Å². The van der Waals surface area contributed by atoms with Gasteiger partial charge >= 0.3 is 51.4 Å². The van der Waals surface area contributed by atoms with Crippen molar-refractivity contribution < 1.29 is 69.5 Å². The molecule has 1 aliphatic heterocycles. The van der Waals surface area contributed by atoms with E-state index in [1.807, 2.05) is 0 Å². The summed E-state index contributed by atoms with van der Waals surface area (Å²) in [5, 5.41) is 0. The average molecular weight is 206 g/mol. The summed E-state index contributed by atoms with van der Waals surface area (Å²) in [5.74, 6) is 0.0926. The van der Waals surface area contributed by atoms with E-state index in [-0.39, 0.29) is 57.3 Å². The van der Waals surface area contributed by atoms with Gasteiger partial charge in [0.25, 0.3) is 0 Å². The average Bonchev–Trinajstić information content (AvgIpc) is 2.15. The summed E-state index contributed by atoms with van der Waals surface area (Å²) in [5.41, 5.74) is 5.10. The van der Waals surface area contributed by atoms with Gasteiger partial charge in [0, 0.05) is 13.0 Å². The zero-order valence-corrected chi connectivity index (χ0v) is 9.93. The van der Waals surface area contributed by atoms with Crippen molar-refractivity contribution in [1.29, 1.82) is 0 Å². The van der Waals surface area contributed by atoms with Crippen LogP contribution in [0.15, 0.2) is 0 Å². The molecule has 0 aliphatic carbocycles. The number of hydrazine groups is 1. The molecule has 1 heterocycles. The van der Waals surface area contributed by atoms with Crippen LogP contribution >= 0.6 is 0 Å².